The zero-order valence-electron chi connectivity index (χ0n) is 15.1. The van der Waals surface area contributed by atoms with Gasteiger partial charge in [0.2, 0.25) is 0 Å². The van der Waals surface area contributed by atoms with Crippen LogP contribution in [0.1, 0.15) is 20.7 Å². The van der Waals surface area contributed by atoms with Crippen LogP contribution in [0.15, 0.2) is 47.4 Å². The molecule has 0 N–H and O–H groups in total. The van der Waals surface area contributed by atoms with Crippen molar-refractivity contribution in [1.82, 2.24) is 9.80 Å². The lowest BCUT2D eigenvalue weighted by atomic mass is 10.1. The Morgan fingerprint density at radius 3 is 2.18 bits per heavy atom. The molecule has 0 spiro atoms. The minimum atomic E-state index is -3.42. The van der Waals surface area contributed by atoms with Gasteiger partial charge in [-0.05, 0) is 36.4 Å². The molecule has 1 heterocycles. The Hall–Kier alpha value is -2.45. The Balaban J connectivity index is 1.69. The van der Waals surface area contributed by atoms with E-state index < -0.39 is 21.6 Å². The predicted octanol–water partition coefficient (Wildman–Crippen LogP) is 2.48. The van der Waals surface area contributed by atoms with Crippen molar-refractivity contribution in [3.63, 3.8) is 0 Å². The zero-order chi connectivity index (χ0) is 20.5. The number of hydrogen-bond acceptors (Lipinski definition) is 4. The van der Waals surface area contributed by atoms with Crippen LogP contribution in [0.5, 0.6) is 0 Å². The Morgan fingerprint density at radius 2 is 1.57 bits per heavy atom. The fourth-order valence-corrected chi connectivity index (χ4v) is 3.83. The van der Waals surface area contributed by atoms with Gasteiger partial charge in [0.1, 0.15) is 5.82 Å². The van der Waals surface area contributed by atoms with E-state index in [4.69, 9.17) is 11.6 Å². The van der Waals surface area contributed by atoms with Crippen molar-refractivity contribution in [2.75, 3.05) is 32.4 Å². The average molecular weight is 425 g/mol. The molecule has 0 saturated carbocycles. The van der Waals surface area contributed by atoms with Crippen molar-refractivity contribution in [3.8, 4) is 0 Å². The Morgan fingerprint density at radius 1 is 0.964 bits per heavy atom. The van der Waals surface area contributed by atoms with E-state index in [9.17, 15) is 22.4 Å². The van der Waals surface area contributed by atoms with Gasteiger partial charge in [-0.3, -0.25) is 9.59 Å². The molecule has 1 aliphatic heterocycles. The van der Waals surface area contributed by atoms with E-state index in [2.05, 4.69) is 0 Å². The Kier molecular flexibility index (Phi) is 5.71. The maximum absolute atomic E-state index is 13.9. The second-order valence-electron chi connectivity index (χ2n) is 6.51. The largest absolute Gasteiger partial charge is 0.335 e. The van der Waals surface area contributed by atoms with Gasteiger partial charge < -0.3 is 9.80 Å². The molecule has 6 nitrogen and oxygen atoms in total. The van der Waals surface area contributed by atoms with Crippen molar-refractivity contribution < 1.29 is 22.4 Å². The van der Waals surface area contributed by atoms with E-state index in [-0.39, 0.29) is 53.1 Å². The third kappa shape index (κ3) is 4.34. The van der Waals surface area contributed by atoms with Crippen LogP contribution >= 0.6 is 11.6 Å². The van der Waals surface area contributed by atoms with Gasteiger partial charge >= 0.3 is 0 Å². The summed E-state index contributed by atoms with van der Waals surface area (Å²) < 4.78 is 37.3. The first kappa shape index (κ1) is 20.3. The molecule has 148 valence electrons. The monoisotopic (exact) mass is 424 g/mol. The lowest BCUT2D eigenvalue weighted by molar-refractivity contribution is 0.0532. The minimum absolute atomic E-state index is 0.0728. The second kappa shape index (κ2) is 7.89. The van der Waals surface area contributed by atoms with E-state index in [0.29, 0.717) is 0 Å². The van der Waals surface area contributed by atoms with Crippen LogP contribution in [0.2, 0.25) is 5.02 Å². The molecule has 2 aromatic rings. The topological polar surface area (TPSA) is 74.8 Å². The molecule has 2 amide bonds. The number of rotatable bonds is 3. The normalized spacial score (nSPS) is 14.8. The molecule has 9 heteroatoms. The van der Waals surface area contributed by atoms with Crippen molar-refractivity contribution in [2.45, 2.75) is 4.90 Å². The standard InChI is InChI=1S/C19H18ClFN2O4S/c1-28(26,27)15-4-2-3-13(11-15)18(24)22-7-9-23(10-8-22)19(25)16-12-14(20)5-6-17(16)21/h2-6,11-12H,7-10H2,1H3. The maximum Gasteiger partial charge on any atom is 0.257 e. The van der Waals surface area contributed by atoms with Gasteiger partial charge in [0, 0.05) is 43.0 Å². The minimum Gasteiger partial charge on any atom is -0.335 e. The number of amides is 2. The van der Waals surface area contributed by atoms with Crippen LogP contribution in [0, 0.1) is 5.82 Å². The third-order valence-electron chi connectivity index (χ3n) is 4.52. The van der Waals surface area contributed by atoms with Crippen molar-refractivity contribution in [3.05, 3.63) is 64.4 Å². The molecule has 0 radical (unpaired) electrons. The quantitative estimate of drug-likeness (QED) is 0.758. The molecule has 0 bridgehead atoms. The summed E-state index contributed by atoms with van der Waals surface area (Å²) in [6.45, 7) is 0.996. The highest BCUT2D eigenvalue weighted by atomic mass is 35.5. The molecule has 2 aromatic carbocycles. The average Bonchev–Trinajstić information content (AvgIpc) is 2.68. The van der Waals surface area contributed by atoms with E-state index in [1.807, 2.05) is 0 Å². The van der Waals surface area contributed by atoms with Gasteiger partial charge in [0.15, 0.2) is 9.84 Å². The highest BCUT2D eigenvalue weighted by Gasteiger charge is 2.27. The third-order valence-corrected chi connectivity index (χ3v) is 5.87. The summed E-state index contributed by atoms with van der Waals surface area (Å²) in [6.07, 6.45) is 1.08. The summed E-state index contributed by atoms with van der Waals surface area (Å²) in [5, 5.41) is 0.268. The summed E-state index contributed by atoms with van der Waals surface area (Å²) in [5.74, 6) is -1.44. The smallest absolute Gasteiger partial charge is 0.257 e. The van der Waals surface area contributed by atoms with Gasteiger partial charge in [-0.1, -0.05) is 17.7 Å². The maximum atomic E-state index is 13.9. The van der Waals surface area contributed by atoms with Crippen molar-refractivity contribution >= 4 is 33.3 Å². The number of piperazine rings is 1. The number of nitrogens with zero attached hydrogens (tertiary/aromatic N) is 2. The van der Waals surface area contributed by atoms with Crippen LogP contribution in [0.3, 0.4) is 0 Å². The van der Waals surface area contributed by atoms with Crippen LogP contribution in [-0.4, -0.2) is 62.5 Å². The lowest BCUT2D eigenvalue weighted by Crippen LogP contribution is -2.50. The molecule has 1 saturated heterocycles. The number of carbonyl (C=O) groups excluding carboxylic acids is 2. The Bertz CT molecular complexity index is 1030. The van der Waals surface area contributed by atoms with Crippen LogP contribution in [-0.2, 0) is 9.84 Å². The van der Waals surface area contributed by atoms with Crippen molar-refractivity contribution in [1.29, 1.82) is 0 Å². The molecule has 0 aromatic heterocycles. The number of benzene rings is 2. The highest BCUT2D eigenvalue weighted by molar-refractivity contribution is 7.90. The Labute approximate surface area is 167 Å². The molecule has 0 aliphatic carbocycles. The summed E-state index contributed by atoms with van der Waals surface area (Å²) in [5.41, 5.74) is 0.164. The SMILES string of the molecule is CS(=O)(=O)c1cccc(C(=O)N2CCN(C(=O)c3cc(Cl)ccc3F)CC2)c1. The van der Waals surface area contributed by atoms with Crippen LogP contribution in [0.4, 0.5) is 4.39 Å². The number of hydrogen-bond donors (Lipinski definition) is 0. The molecule has 0 atom stereocenters. The first-order valence-corrected chi connectivity index (χ1v) is 10.8. The van der Waals surface area contributed by atoms with Gasteiger partial charge in [-0.25, -0.2) is 12.8 Å². The van der Waals surface area contributed by atoms with E-state index >= 15 is 0 Å². The summed E-state index contributed by atoms with van der Waals surface area (Å²) in [6, 6.07) is 9.65. The van der Waals surface area contributed by atoms with Gasteiger partial charge in [0.25, 0.3) is 11.8 Å². The molecule has 1 aliphatic rings. The summed E-state index contributed by atoms with van der Waals surface area (Å²) in [7, 11) is -3.42. The van der Waals surface area contributed by atoms with Crippen LogP contribution < -0.4 is 0 Å². The first-order chi connectivity index (χ1) is 13.2. The van der Waals surface area contributed by atoms with Crippen LogP contribution in [0.25, 0.3) is 0 Å². The van der Waals surface area contributed by atoms with E-state index in [0.717, 1.165) is 12.3 Å². The van der Waals surface area contributed by atoms with E-state index in [1.165, 1.54) is 35.2 Å². The number of halogens is 2. The van der Waals surface area contributed by atoms with Gasteiger partial charge in [-0.15, -0.1) is 0 Å². The highest BCUT2D eigenvalue weighted by Crippen LogP contribution is 2.19. The fourth-order valence-electron chi connectivity index (χ4n) is 2.99. The van der Waals surface area contributed by atoms with E-state index in [1.54, 1.807) is 11.0 Å². The lowest BCUT2D eigenvalue weighted by Gasteiger charge is -2.35. The summed E-state index contributed by atoms with van der Waals surface area (Å²) >= 11 is 5.84. The fraction of sp³-hybridized carbons (Fsp3) is 0.263. The molecule has 3 rings (SSSR count). The summed E-state index contributed by atoms with van der Waals surface area (Å²) in [4.78, 5) is 28.3. The molecule has 0 unspecified atom stereocenters. The molecular weight excluding hydrogens is 407 g/mol. The second-order valence-corrected chi connectivity index (χ2v) is 8.96. The molecule has 1 fully saturated rings. The van der Waals surface area contributed by atoms with Crippen molar-refractivity contribution in [2.24, 2.45) is 0 Å². The first-order valence-electron chi connectivity index (χ1n) is 8.50. The zero-order valence-corrected chi connectivity index (χ0v) is 16.6. The predicted molar refractivity (Wildman–Crippen MR) is 103 cm³/mol. The number of sulfone groups is 1. The number of carbonyl (C=O) groups is 2. The van der Waals surface area contributed by atoms with Gasteiger partial charge in [0.05, 0.1) is 10.5 Å². The van der Waals surface area contributed by atoms with Gasteiger partial charge in [-0.2, -0.15) is 0 Å². The molecule has 28 heavy (non-hydrogen) atoms. The molecular formula is C19H18ClFN2O4S.